The van der Waals surface area contributed by atoms with E-state index in [0.717, 1.165) is 18.5 Å². The van der Waals surface area contributed by atoms with Crippen molar-refractivity contribution in [2.75, 3.05) is 17.7 Å². The third-order valence-corrected chi connectivity index (χ3v) is 3.27. The van der Waals surface area contributed by atoms with Gasteiger partial charge in [-0.1, -0.05) is 18.6 Å². The quantitative estimate of drug-likeness (QED) is 0.776. The number of aromatic nitrogens is 3. The highest BCUT2D eigenvalue weighted by Gasteiger charge is 2.09. The van der Waals surface area contributed by atoms with Gasteiger partial charge in [-0.25, -0.2) is 13.1 Å². The van der Waals surface area contributed by atoms with E-state index in [9.17, 15) is 8.42 Å². The van der Waals surface area contributed by atoms with Crippen molar-refractivity contribution in [2.24, 2.45) is 0 Å². The SMILES string of the molecule is CCCc1c(N)nnn1CCCS(C)(=O)=O. The molecular formula is C9H18N4O2S. The van der Waals surface area contributed by atoms with Crippen LogP contribution in [0.3, 0.4) is 0 Å². The predicted octanol–water partition coefficient (Wildman–Crippen LogP) is 0.247. The van der Waals surface area contributed by atoms with Crippen molar-refractivity contribution in [3.8, 4) is 0 Å². The van der Waals surface area contributed by atoms with Crippen molar-refractivity contribution in [3.05, 3.63) is 5.69 Å². The fourth-order valence-electron chi connectivity index (χ4n) is 1.50. The van der Waals surface area contributed by atoms with Gasteiger partial charge in [0.25, 0.3) is 0 Å². The molecule has 0 spiro atoms. The average molecular weight is 246 g/mol. The molecule has 0 aliphatic carbocycles. The van der Waals surface area contributed by atoms with Gasteiger partial charge in [-0.2, -0.15) is 0 Å². The number of rotatable bonds is 6. The highest BCUT2D eigenvalue weighted by molar-refractivity contribution is 7.90. The molecular weight excluding hydrogens is 228 g/mol. The topological polar surface area (TPSA) is 90.9 Å². The number of anilines is 1. The van der Waals surface area contributed by atoms with Crippen LogP contribution in [-0.4, -0.2) is 35.4 Å². The molecule has 0 radical (unpaired) electrons. The summed E-state index contributed by atoms with van der Waals surface area (Å²) in [5, 5.41) is 7.69. The predicted molar refractivity (Wildman–Crippen MR) is 62.8 cm³/mol. The normalized spacial score (nSPS) is 11.9. The first-order valence-electron chi connectivity index (χ1n) is 5.29. The molecule has 0 unspecified atom stereocenters. The lowest BCUT2D eigenvalue weighted by molar-refractivity contribution is 0.545. The molecule has 6 nitrogen and oxygen atoms in total. The zero-order chi connectivity index (χ0) is 12.2. The second-order valence-electron chi connectivity index (χ2n) is 3.88. The van der Waals surface area contributed by atoms with Crippen molar-refractivity contribution < 1.29 is 8.42 Å². The van der Waals surface area contributed by atoms with Gasteiger partial charge in [-0.05, 0) is 12.8 Å². The lowest BCUT2D eigenvalue weighted by Gasteiger charge is -2.05. The largest absolute Gasteiger partial charge is 0.381 e. The van der Waals surface area contributed by atoms with E-state index in [1.807, 2.05) is 6.92 Å². The number of nitrogens with two attached hydrogens (primary N) is 1. The molecule has 0 amide bonds. The second kappa shape index (κ2) is 5.29. The van der Waals surface area contributed by atoms with E-state index in [4.69, 9.17) is 5.73 Å². The fourth-order valence-corrected chi connectivity index (χ4v) is 2.15. The molecule has 0 atom stereocenters. The van der Waals surface area contributed by atoms with Gasteiger partial charge in [0.05, 0.1) is 11.4 Å². The summed E-state index contributed by atoms with van der Waals surface area (Å²) in [5.74, 6) is 0.611. The number of hydrogen-bond acceptors (Lipinski definition) is 5. The molecule has 92 valence electrons. The lowest BCUT2D eigenvalue weighted by atomic mass is 10.2. The number of aryl methyl sites for hydroxylation is 1. The molecule has 16 heavy (non-hydrogen) atoms. The smallest absolute Gasteiger partial charge is 0.169 e. The highest BCUT2D eigenvalue weighted by Crippen LogP contribution is 2.10. The first-order valence-corrected chi connectivity index (χ1v) is 7.35. The van der Waals surface area contributed by atoms with E-state index in [-0.39, 0.29) is 5.75 Å². The maximum Gasteiger partial charge on any atom is 0.169 e. The minimum absolute atomic E-state index is 0.165. The van der Waals surface area contributed by atoms with Gasteiger partial charge in [0, 0.05) is 12.8 Å². The molecule has 0 aliphatic heterocycles. The standard InChI is InChI=1S/C9H18N4O2S/c1-3-5-8-9(10)11-12-13(8)6-4-7-16(2,14)15/h3-7,10H2,1-2H3. The van der Waals surface area contributed by atoms with Crippen LogP contribution in [-0.2, 0) is 22.8 Å². The second-order valence-corrected chi connectivity index (χ2v) is 6.14. The summed E-state index contributed by atoms with van der Waals surface area (Å²) >= 11 is 0. The Bertz CT molecular complexity index is 438. The summed E-state index contributed by atoms with van der Waals surface area (Å²) in [6.45, 7) is 2.60. The van der Waals surface area contributed by atoms with Crippen molar-refractivity contribution in [1.82, 2.24) is 15.0 Å². The van der Waals surface area contributed by atoms with Crippen LogP contribution in [0.1, 0.15) is 25.5 Å². The average Bonchev–Trinajstić information content (AvgIpc) is 2.48. The molecule has 7 heteroatoms. The minimum atomic E-state index is -2.91. The molecule has 1 aromatic heterocycles. The highest BCUT2D eigenvalue weighted by atomic mass is 32.2. The van der Waals surface area contributed by atoms with Crippen LogP contribution in [0.25, 0.3) is 0 Å². The number of hydrogen-bond donors (Lipinski definition) is 1. The Balaban J connectivity index is 2.60. The summed E-state index contributed by atoms with van der Waals surface area (Å²) in [6.07, 6.45) is 3.55. The van der Waals surface area contributed by atoms with Gasteiger partial charge in [-0.3, -0.25) is 0 Å². The van der Waals surface area contributed by atoms with Gasteiger partial charge in [-0.15, -0.1) is 5.10 Å². The molecule has 0 saturated heterocycles. The summed E-state index contributed by atoms with van der Waals surface area (Å²) < 4.78 is 23.6. The monoisotopic (exact) mass is 246 g/mol. The van der Waals surface area contributed by atoms with Crippen LogP contribution < -0.4 is 5.73 Å². The molecule has 0 bridgehead atoms. The van der Waals surface area contributed by atoms with Gasteiger partial charge < -0.3 is 5.73 Å². The molecule has 0 aromatic carbocycles. The summed E-state index contributed by atoms with van der Waals surface area (Å²) in [5.41, 5.74) is 6.57. The molecule has 0 aliphatic rings. The van der Waals surface area contributed by atoms with E-state index in [0.29, 0.717) is 18.8 Å². The fraction of sp³-hybridized carbons (Fsp3) is 0.778. The summed E-state index contributed by atoms with van der Waals surface area (Å²) in [7, 11) is -2.91. The Labute approximate surface area is 95.7 Å². The molecule has 0 saturated carbocycles. The number of sulfone groups is 1. The molecule has 0 fully saturated rings. The Morgan fingerprint density at radius 3 is 2.69 bits per heavy atom. The minimum Gasteiger partial charge on any atom is -0.381 e. The Morgan fingerprint density at radius 2 is 2.12 bits per heavy atom. The molecule has 2 N–H and O–H groups in total. The van der Waals surface area contributed by atoms with E-state index in [1.54, 1.807) is 4.68 Å². The number of nitrogens with zero attached hydrogens (tertiary/aromatic N) is 3. The first-order chi connectivity index (χ1) is 7.44. The van der Waals surface area contributed by atoms with E-state index >= 15 is 0 Å². The van der Waals surface area contributed by atoms with E-state index in [1.165, 1.54) is 6.26 Å². The Morgan fingerprint density at radius 1 is 1.44 bits per heavy atom. The van der Waals surface area contributed by atoms with Gasteiger partial charge >= 0.3 is 0 Å². The summed E-state index contributed by atoms with van der Waals surface area (Å²) in [6, 6.07) is 0. The maximum atomic E-state index is 11.0. The van der Waals surface area contributed by atoms with Crippen molar-refractivity contribution >= 4 is 15.7 Å². The van der Waals surface area contributed by atoms with Crippen molar-refractivity contribution in [1.29, 1.82) is 0 Å². The Kier molecular flexibility index (Phi) is 4.28. The van der Waals surface area contributed by atoms with Crippen LogP contribution in [0.4, 0.5) is 5.82 Å². The third-order valence-electron chi connectivity index (χ3n) is 2.24. The van der Waals surface area contributed by atoms with Crippen molar-refractivity contribution in [3.63, 3.8) is 0 Å². The van der Waals surface area contributed by atoms with Crippen LogP contribution >= 0.6 is 0 Å². The molecule has 1 heterocycles. The maximum absolute atomic E-state index is 11.0. The van der Waals surface area contributed by atoms with Crippen LogP contribution in [0.15, 0.2) is 0 Å². The van der Waals surface area contributed by atoms with Gasteiger partial charge in [0.1, 0.15) is 9.84 Å². The third kappa shape index (κ3) is 3.80. The van der Waals surface area contributed by atoms with Crippen LogP contribution in [0.2, 0.25) is 0 Å². The van der Waals surface area contributed by atoms with Crippen LogP contribution in [0, 0.1) is 0 Å². The number of nitrogen functional groups attached to an aromatic ring is 1. The zero-order valence-corrected chi connectivity index (χ0v) is 10.5. The molecule has 1 aromatic rings. The summed E-state index contributed by atoms with van der Waals surface area (Å²) in [4.78, 5) is 0. The zero-order valence-electron chi connectivity index (χ0n) is 9.68. The Hall–Kier alpha value is -1.11. The first kappa shape index (κ1) is 13.0. The van der Waals surface area contributed by atoms with E-state index < -0.39 is 9.84 Å². The van der Waals surface area contributed by atoms with Gasteiger partial charge in [0.2, 0.25) is 0 Å². The van der Waals surface area contributed by atoms with Gasteiger partial charge in [0.15, 0.2) is 5.82 Å². The van der Waals surface area contributed by atoms with Crippen molar-refractivity contribution in [2.45, 2.75) is 32.7 Å². The van der Waals surface area contributed by atoms with Crippen LogP contribution in [0.5, 0.6) is 0 Å². The van der Waals surface area contributed by atoms with E-state index in [2.05, 4.69) is 10.3 Å². The lowest BCUT2D eigenvalue weighted by Crippen LogP contribution is -2.11. The molecule has 1 rings (SSSR count).